The fourth-order valence-corrected chi connectivity index (χ4v) is 3.03. The highest BCUT2D eigenvalue weighted by Crippen LogP contribution is 2.31. The zero-order valence-corrected chi connectivity index (χ0v) is 13.4. The first kappa shape index (κ1) is 15.0. The van der Waals surface area contributed by atoms with E-state index in [0.29, 0.717) is 0 Å². The molecule has 1 fully saturated rings. The second-order valence-electron chi connectivity index (χ2n) is 4.77. The second-order valence-corrected chi connectivity index (χ2v) is 5.56. The van der Waals surface area contributed by atoms with Crippen molar-refractivity contribution in [3.05, 3.63) is 10.8 Å². The Kier molecular flexibility index (Phi) is 5.17. The fourth-order valence-electron chi connectivity index (χ4n) is 2.43. The van der Waals surface area contributed by atoms with Crippen LogP contribution < -0.4 is 15.5 Å². The van der Waals surface area contributed by atoms with E-state index < -0.39 is 0 Å². The molecule has 1 aromatic rings. The summed E-state index contributed by atoms with van der Waals surface area (Å²) in [4.78, 5) is 22.4. The number of halogens is 1. The molecule has 1 saturated heterocycles. The van der Waals surface area contributed by atoms with E-state index in [-0.39, 0.29) is 11.8 Å². The van der Waals surface area contributed by atoms with E-state index in [1.54, 1.807) is 13.4 Å². The summed E-state index contributed by atoms with van der Waals surface area (Å²) >= 11 is 3.57. The molecule has 1 aromatic heterocycles. The molecule has 0 atom stereocenters. The largest absolute Gasteiger partial charge is 0.369 e. The van der Waals surface area contributed by atoms with Crippen molar-refractivity contribution in [1.29, 1.82) is 0 Å². The summed E-state index contributed by atoms with van der Waals surface area (Å²) in [7, 11) is 1.69. The van der Waals surface area contributed by atoms with Crippen LogP contribution >= 0.6 is 15.9 Å². The average molecular weight is 342 g/mol. The molecule has 20 heavy (non-hydrogen) atoms. The standard InChI is InChI=1S/C13H20BrN5O/c1-3-16-11-10(14)12(18-8-17-11)19-6-4-9(5-7-19)13(20)15-2/h8-9H,3-7H2,1-2H3,(H,15,20)(H,16,17,18). The molecule has 1 amide bonds. The highest BCUT2D eigenvalue weighted by atomic mass is 79.9. The van der Waals surface area contributed by atoms with Gasteiger partial charge < -0.3 is 15.5 Å². The summed E-state index contributed by atoms with van der Waals surface area (Å²) in [5.41, 5.74) is 0. The van der Waals surface area contributed by atoms with Gasteiger partial charge in [0, 0.05) is 32.6 Å². The lowest BCUT2D eigenvalue weighted by Crippen LogP contribution is -2.40. The number of rotatable bonds is 4. The van der Waals surface area contributed by atoms with Crippen molar-refractivity contribution in [3.8, 4) is 0 Å². The van der Waals surface area contributed by atoms with Gasteiger partial charge in [-0.15, -0.1) is 0 Å². The van der Waals surface area contributed by atoms with Crippen molar-refractivity contribution >= 4 is 33.5 Å². The van der Waals surface area contributed by atoms with E-state index in [1.807, 2.05) is 6.92 Å². The zero-order chi connectivity index (χ0) is 14.5. The maximum absolute atomic E-state index is 11.6. The number of amides is 1. The van der Waals surface area contributed by atoms with E-state index in [9.17, 15) is 4.79 Å². The van der Waals surface area contributed by atoms with Crippen molar-refractivity contribution in [2.75, 3.05) is 36.9 Å². The third-order valence-corrected chi connectivity index (χ3v) is 4.26. The van der Waals surface area contributed by atoms with Crippen LogP contribution in [0, 0.1) is 5.92 Å². The number of nitrogens with zero attached hydrogens (tertiary/aromatic N) is 3. The van der Waals surface area contributed by atoms with Crippen LogP contribution in [0.5, 0.6) is 0 Å². The normalized spacial score (nSPS) is 16.1. The summed E-state index contributed by atoms with van der Waals surface area (Å²) in [6.07, 6.45) is 3.28. The Morgan fingerprint density at radius 2 is 2.15 bits per heavy atom. The summed E-state index contributed by atoms with van der Waals surface area (Å²) in [5, 5.41) is 5.93. The number of aromatic nitrogens is 2. The first-order valence-electron chi connectivity index (χ1n) is 6.88. The Bertz CT molecular complexity index is 474. The summed E-state index contributed by atoms with van der Waals surface area (Å²) in [6, 6.07) is 0. The molecule has 0 aromatic carbocycles. The quantitative estimate of drug-likeness (QED) is 0.871. The number of nitrogens with one attached hydrogen (secondary N) is 2. The van der Waals surface area contributed by atoms with Gasteiger partial charge in [-0.3, -0.25) is 4.79 Å². The van der Waals surface area contributed by atoms with Crippen LogP contribution in [0.1, 0.15) is 19.8 Å². The minimum absolute atomic E-state index is 0.116. The van der Waals surface area contributed by atoms with E-state index >= 15 is 0 Å². The monoisotopic (exact) mass is 341 g/mol. The van der Waals surface area contributed by atoms with Gasteiger partial charge in [0.1, 0.15) is 22.4 Å². The van der Waals surface area contributed by atoms with Gasteiger partial charge in [0.25, 0.3) is 0 Å². The molecule has 2 heterocycles. The molecule has 0 spiro atoms. The lowest BCUT2D eigenvalue weighted by Gasteiger charge is -2.32. The number of carbonyl (C=O) groups is 1. The number of carbonyl (C=O) groups excluding carboxylic acids is 1. The topological polar surface area (TPSA) is 70.2 Å². The molecule has 0 aliphatic carbocycles. The van der Waals surface area contributed by atoms with E-state index in [4.69, 9.17) is 0 Å². The third kappa shape index (κ3) is 3.20. The van der Waals surface area contributed by atoms with Crippen molar-refractivity contribution in [2.45, 2.75) is 19.8 Å². The maximum atomic E-state index is 11.6. The zero-order valence-electron chi connectivity index (χ0n) is 11.8. The minimum Gasteiger partial charge on any atom is -0.369 e. The molecule has 1 aliphatic heterocycles. The van der Waals surface area contributed by atoms with Gasteiger partial charge in [0.05, 0.1) is 0 Å². The fraction of sp³-hybridized carbons (Fsp3) is 0.615. The molecule has 0 saturated carbocycles. The Morgan fingerprint density at radius 3 is 2.75 bits per heavy atom. The minimum atomic E-state index is 0.116. The molecule has 7 heteroatoms. The van der Waals surface area contributed by atoms with Gasteiger partial charge in [-0.25, -0.2) is 9.97 Å². The van der Waals surface area contributed by atoms with Crippen molar-refractivity contribution in [2.24, 2.45) is 5.92 Å². The molecule has 6 nitrogen and oxygen atoms in total. The van der Waals surface area contributed by atoms with Gasteiger partial charge >= 0.3 is 0 Å². The molecule has 0 bridgehead atoms. The number of anilines is 2. The van der Waals surface area contributed by atoms with Crippen LogP contribution in [-0.4, -0.2) is 42.6 Å². The van der Waals surface area contributed by atoms with Crippen molar-refractivity contribution in [3.63, 3.8) is 0 Å². The second kappa shape index (κ2) is 6.88. The average Bonchev–Trinajstić information content (AvgIpc) is 2.49. The van der Waals surface area contributed by atoms with Crippen molar-refractivity contribution < 1.29 is 4.79 Å². The third-order valence-electron chi connectivity index (χ3n) is 3.53. The number of hydrogen-bond acceptors (Lipinski definition) is 5. The van der Waals surface area contributed by atoms with Crippen LogP contribution in [0.25, 0.3) is 0 Å². The number of hydrogen-bond donors (Lipinski definition) is 2. The molecule has 2 N–H and O–H groups in total. The van der Waals surface area contributed by atoms with Crippen LogP contribution in [0.2, 0.25) is 0 Å². The van der Waals surface area contributed by atoms with Crippen LogP contribution in [0.4, 0.5) is 11.6 Å². The molecule has 1 aliphatic rings. The lowest BCUT2D eigenvalue weighted by molar-refractivity contribution is -0.125. The smallest absolute Gasteiger partial charge is 0.222 e. The van der Waals surface area contributed by atoms with Gasteiger partial charge in [0.15, 0.2) is 0 Å². The number of piperidine rings is 1. The first-order chi connectivity index (χ1) is 9.67. The predicted octanol–water partition coefficient (Wildman–Crippen LogP) is 1.63. The van der Waals surface area contributed by atoms with Crippen molar-refractivity contribution in [1.82, 2.24) is 15.3 Å². The van der Waals surface area contributed by atoms with E-state index in [0.717, 1.165) is 48.6 Å². The Labute approximate surface area is 127 Å². The Hall–Kier alpha value is -1.37. The molecule has 2 rings (SSSR count). The van der Waals surface area contributed by atoms with Crippen LogP contribution in [0.15, 0.2) is 10.8 Å². The lowest BCUT2D eigenvalue weighted by atomic mass is 9.96. The van der Waals surface area contributed by atoms with Gasteiger partial charge in [-0.05, 0) is 35.7 Å². The molecule has 0 radical (unpaired) electrons. The van der Waals surface area contributed by atoms with Crippen LogP contribution in [-0.2, 0) is 4.79 Å². The Balaban J connectivity index is 2.07. The van der Waals surface area contributed by atoms with E-state index in [1.165, 1.54) is 0 Å². The Morgan fingerprint density at radius 1 is 1.45 bits per heavy atom. The molecular weight excluding hydrogens is 322 g/mol. The summed E-state index contributed by atoms with van der Waals surface area (Å²) < 4.78 is 0.889. The van der Waals surface area contributed by atoms with E-state index in [2.05, 4.69) is 41.4 Å². The summed E-state index contributed by atoms with van der Waals surface area (Å²) in [6.45, 7) is 4.51. The van der Waals surface area contributed by atoms with Gasteiger partial charge in [-0.2, -0.15) is 0 Å². The molecular formula is C13H20BrN5O. The van der Waals surface area contributed by atoms with Crippen LogP contribution in [0.3, 0.4) is 0 Å². The summed E-state index contributed by atoms with van der Waals surface area (Å²) in [5.74, 6) is 1.96. The highest BCUT2D eigenvalue weighted by molar-refractivity contribution is 9.10. The highest BCUT2D eigenvalue weighted by Gasteiger charge is 2.26. The molecule has 0 unspecified atom stereocenters. The predicted molar refractivity (Wildman–Crippen MR) is 82.9 cm³/mol. The van der Waals surface area contributed by atoms with Gasteiger partial charge in [0.2, 0.25) is 5.91 Å². The van der Waals surface area contributed by atoms with Gasteiger partial charge in [-0.1, -0.05) is 0 Å². The maximum Gasteiger partial charge on any atom is 0.222 e. The first-order valence-corrected chi connectivity index (χ1v) is 7.67. The molecule has 110 valence electrons. The SMILES string of the molecule is CCNc1ncnc(N2CCC(C(=O)NC)CC2)c1Br.